The maximum absolute atomic E-state index is 14.2. The highest BCUT2D eigenvalue weighted by molar-refractivity contribution is 5.83. The molecule has 2 aromatic carbocycles. The Kier molecular flexibility index (Phi) is 5.66. The van der Waals surface area contributed by atoms with Crippen LogP contribution in [0.15, 0.2) is 60.7 Å². The lowest BCUT2D eigenvalue weighted by atomic mass is 10.0. The summed E-state index contributed by atoms with van der Waals surface area (Å²) >= 11 is 0. The molecule has 27 heavy (non-hydrogen) atoms. The summed E-state index contributed by atoms with van der Waals surface area (Å²) in [6.07, 6.45) is 0. The molecule has 1 amide bonds. The molecule has 0 radical (unpaired) electrons. The van der Waals surface area contributed by atoms with E-state index < -0.39 is 6.04 Å². The van der Waals surface area contributed by atoms with Gasteiger partial charge in [0.15, 0.2) is 0 Å². The van der Waals surface area contributed by atoms with E-state index in [2.05, 4.69) is 10.2 Å². The van der Waals surface area contributed by atoms with Crippen molar-refractivity contribution in [1.82, 2.24) is 20.0 Å². The van der Waals surface area contributed by atoms with Gasteiger partial charge in [0, 0.05) is 18.2 Å². The van der Waals surface area contributed by atoms with Crippen LogP contribution in [0.4, 0.5) is 4.39 Å². The highest BCUT2D eigenvalue weighted by Crippen LogP contribution is 2.24. The Balaban J connectivity index is 1.77. The van der Waals surface area contributed by atoms with E-state index in [1.807, 2.05) is 36.4 Å². The molecule has 0 spiro atoms. The van der Waals surface area contributed by atoms with Crippen LogP contribution in [0.25, 0.3) is 11.3 Å². The van der Waals surface area contributed by atoms with Gasteiger partial charge in [-0.2, -0.15) is 5.10 Å². The van der Waals surface area contributed by atoms with Crippen molar-refractivity contribution >= 4 is 5.91 Å². The van der Waals surface area contributed by atoms with Crippen molar-refractivity contribution in [2.75, 3.05) is 21.1 Å². The van der Waals surface area contributed by atoms with Gasteiger partial charge in [-0.05, 0) is 26.2 Å². The van der Waals surface area contributed by atoms with E-state index >= 15 is 0 Å². The number of amides is 1. The molecular formula is C21H23FN4O. The number of hydrogen-bond acceptors (Lipinski definition) is 3. The summed E-state index contributed by atoms with van der Waals surface area (Å²) in [6, 6.07) is 17.4. The molecule has 1 N–H and O–H groups in total. The monoisotopic (exact) mass is 366 g/mol. The van der Waals surface area contributed by atoms with Gasteiger partial charge in [0.05, 0.1) is 17.9 Å². The number of H-pyrrole nitrogens is 1. The SMILES string of the molecule is CN(Cc1cc(-c2ccccc2)n[nH]1)C(=O)[C@H](c1ccccc1F)N(C)C. The van der Waals surface area contributed by atoms with Crippen LogP contribution < -0.4 is 0 Å². The normalized spacial score (nSPS) is 12.2. The Hall–Kier alpha value is -2.99. The molecule has 0 fully saturated rings. The first kappa shape index (κ1) is 18.8. The van der Waals surface area contributed by atoms with Crippen molar-refractivity contribution in [3.8, 4) is 11.3 Å². The second-order valence-electron chi connectivity index (χ2n) is 6.73. The average molecular weight is 366 g/mol. The predicted molar refractivity (Wildman–Crippen MR) is 103 cm³/mol. The number of nitrogens with one attached hydrogen (secondary N) is 1. The number of hydrogen-bond donors (Lipinski definition) is 1. The van der Waals surface area contributed by atoms with Crippen molar-refractivity contribution in [2.45, 2.75) is 12.6 Å². The molecule has 6 heteroatoms. The largest absolute Gasteiger partial charge is 0.338 e. The van der Waals surface area contributed by atoms with Gasteiger partial charge in [-0.25, -0.2) is 4.39 Å². The van der Waals surface area contributed by atoms with Crippen molar-refractivity contribution in [3.05, 3.63) is 77.7 Å². The molecule has 1 aromatic heterocycles. The number of likely N-dealkylation sites (N-methyl/N-ethyl adjacent to an activating group) is 2. The fraction of sp³-hybridized carbons (Fsp3) is 0.238. The molecule has 3 rings (SSSR count). The van der Waals surface area contributed by atoms with Crippen LogP contribution >= 0.6 is 0 Å². The lowest BCUT2D eigenvalue weighted by Gasteiger charge is -2.28. The minimum absolute atomic E-state index is 0.180. The van der Waals surface area contributed by atoms with E-state index in [4.69, 9.17) is 0 Å². The molecule has 1 atom stereocenters. The number of aromatic amines is 1. The highest BCUT2D eigenvalue weighted by atomic mass is 19.1. The Morgan fingerprint density at radius 3 is 2.41 bits per heavy atom. The zero-order valence-electron chi connectivity index (χ0n) is 15.7. The zero-order valence-corrected chi connectivity index (χ0v) is 15.7. The Morgan fingerprint density at radius 2 is 1.74 bits per heavy atom. The summed E-state index contributed by atoms with van der Waals surface area (Å²) in [5.41, 5.74) is 3.01. The number of rotatable bonds is 6. The molecule has 0 aliphatic rings. The third kappa shape index (κ3) is 4.23. The lowest BCUT2D eigenvalue weighted by molar-refractivity contribution is -0.135. The molecule has 140 valence electrons. The van der Waals surface area contributed by atoms with Crippen molar-refractivity contribution in [2.24, 2.45) is 0 Å². The predicted octanol–water partition coefficient (Wildman–Crippen LogP) is 3.48. The van der Waals surface area contributed by atoms with Crippen LogP contribution in [0, 0.1) is 5.82 Å². The molecule has 0 aliphatic carbocycles. The van der Waals surface area contributed by atoms with Gasteiger partial charge in [0.2, 0.25) is 5.91 Å². The quantitative estimate of drug-likeness (QED) is 0.727. The van der Waals surface area contributed by atoms with Crippen LogP contribution in [0.2, 0.25) is 0 Å². The van der Waals surface area contributed by atoms with E-state index in [1.54, 1.807) is 49.1 Å². The van der Waals surface area contributed by atoms with Gasteiger partial charge in [-0.3, -0.25) is 14.8 Å². The van der Waals surface area contributed by atoms with Gasteiger partial charge in [-0.15, -0.1) is 0 Å². The fourth-order valence-corrected chi connectivity index (χ4v) is 3.07. The molecule has 5 nitrogen and oxygen atoms in total. The number of aromatic nitrogens is 2. The molecule has 0 aliphatic heterocycles. The van der Waals surface area contributed by atoms with Crippen LogP contribution in [-0.2, 0) is 11.3 Å². The fourth-order valence-electron chi connectivity index (χ4n) is 3.07. The van der Waals surface area contributed by atoms with E-state index in [0.29, 0.717) is 12.1 Å². The highest BCUT2D eigenvalue weighted by Gasteiger charge is 2.28. The number of carbonyl (C=O) groups is 1. The van der Waals surface area contributed by atoms with Crippen molar-refractivity contribution in [3.63, 3.8) is 0 Å². The molecule has 1 heterocycles. The number of carbonyl (C=O) groups excluding carboxylic acids is 1. The molecule has 0 bridgehead atoms. The molecule has 0 saturated carbocycles. The molecule has 0 saturated heterocycles. The second-order valence-corrected chi connectivity index (χ2v) is 6.73. The van der Waals surface area contributed by atoms with E-state index in [0.717, 1.165) is 17.0 Å². The van der Waals surface area contributed by atoms with Crippen LogP contribution in [0.5, 0.6) is 0 Å². The number of nitrogens with zero attached hydrogens (tertiary/aromatic N) is 3. The van der Waals surface area contributed by atoms with E-state index in [1.165, 1.54) is 6.07 Å². The van der Waals surface area contributed by atoms with E-state index in [9.17, 15) is 9.18 Å². The van der Waals surface area contributed by atoms with E-state index in [-0.39, 0.29) is 11.7 Å². The van der Waals surface area contributed by atoms with Gasteiger partial charge >= 0.3 is 0 Å². The van der Waals surface area contributed by atoms with Gasteiger partial charge in [-0.1, -0.05) is 48.5 Å². The maximum atomic E-state index is 14.2. The topological polar surface area (TPSA) is 52.2 Å². The van der Waals surface area contributed by atoms with Gasteiger partial charge in [0.25, 0.3) is 0 Å². The third-order valence-electron chi connectivity index (χ3n) is 4.43. The van der Waals surface area contributed by atoms with Crippen molar-refractivity contribution in [1.29, 1.82) is 0 Å². The summed E-state index contributed by atoms with van der Waals surface area (Å²) in [5.74, 6) is -0.563. The first-order valence-electron chi connectivity index (χ1n) is 8.73. The minimum atomic E-state index is -0.687. The average Bonchev–Trinajstić information content (AvgIpc) is 3.12. The van der Waals surface area contributed by atoms with Crippen LogP contribution in [0.1, 0.15) is 17.3 Å². The first-order chi connectivity index (χ1) is 13.0. The molecule has 3 aromatic rings. The Morgan fingerprint density at radius 1 is 1.07 bits per heavy atom. The minimum Gasteiger partial charge on any atom is -0.338 e. The zero-order chi connectivity index (χ0) is 19.4. The van der Waals surface area contributed by atoms with Crippen LogP contribution in [0.3, 0.4) is 0 Å². The van der Waals surface area contributed by atoms with Gasteiger partial charge < -0.3 is 4.90 Å². The maximum Gasteiger partial charge on any atom is 0.244 e. The molecule has 0 unspecified atom stereocenters. The standard InChI is InChI=1S/C21H23FN4O/c1-25(2)20(17-11-7-8-12-18(17)22)21(27)26(3)14-16-13-19(24-23-16)15-9-5-4-6-10-15/h4-13,20H,14H2,1-3H3,(H,23,24)/t20-/m0/s1. The van der Waals surface area contributed by atoms with Crippen LogP contribution in [-0.4, -0.2) is 47.0 Å². The number of benzene rings is 2. The molecular weight excluding hydrogens is 343 g/mol. The lowest BCUT2D eigenvalue weighted by Crippen LogP contribution is -2.38. The Bertz CT molecular complexity index is 907. The summed E-state index contributed by atoms with van der Waals surface area (Å²) in [6.45, 7) is 0.359. The first-order valence-corrected chi connectivity index (χ1v) is 8.73. The summed E-state index contributed by atoms with van der Waals surface area (Å²) in [7, 11) is 5.25. The third-order valence-corrected chi connectivity index (χ3v) is 4.43. The Labute approximate surface area is 158 Å². The van der Waals surface area contributed by atoms with Gasteiger partial charge in [0.1, 0.15) is 11.9 Å². The summed E-state index contributed by atoms with van der Waals surface area (Å²) < 4.78 is 14.2. The summed E-state index contributed by atoms with van der Waals surface area (Å²) in [4.78, 5) is 16.3. The summed E-state index contributed by atoms with van der Waals surface area (Å²) in [5, 5.41) is 7.30. The second kappa shape index (κ2) is 8.14. The number of halogens is 1. The smallest absolute Gasteiger partial charge is 0.244 e. The van der Waals surface area contributed by atoms with Crippen molar-refractivity contribution < 1.29 is 9.18 Å².